The van der Waals surface area contributed by atoms with Gasteiger partial charge in [-0.15, -0.1) is 0 Å². The molecule has 1 aliphatic rings. The Kier molecular flexibility index (Phi) is 9.46. The molecule has 53 heavy (non-hydrogen) atoms. The van der Waals surface area contributed by atoms with Crippen LogP contribution in [0.1, 0.15) is 89.0 Å². The summed E-state index contributed by atoms with van der Waals surface area (Å²) >= 11 is 0. The van der Waals surface area contributed by atoms with E-state index in [1.165, 1.54) is 93.9 Å². The van der Waals surface area contributed by atoms with Gasteiger partial charge in [0.15, 0.2) is 0 Å². The van der Waals surface area contributed by atoms with Gasteiger partial charge in [-0.1, -0.05) is 131 Å². The van der Waals surface area contributed by atoms with Crippen molar-refractivity contribution in [2.45, 2.75) is 73.1 Å². The van der Waals surface area contributed by atoms with Crippen LogP contribution in [0, 0.1) is 11.8 Å². The van der Waals surface area contributed by atoms with Crippen molar-refractivity contribution in [3.63, 3.8) is 0 Å². The van der Waals surface area contributed by atoms with Gasteiger partial charge in [0, 0.05) is 17.9 Å². The van der Waals surface area contributed by atoms with Crippen LogP contribution in [-0.4, -0.2) is 6.54 Å². The third-order valence-corrected chi connectivity index (χ3v) is 11.9. The number of nitrogens with zero attached hydrogens (tertiary/aromatic N) is 1. The predicted octanol–water partition coefficient (Wildman–Crippen LogP) is 15.3. The molecular weight excluding hydrogens is 639 g/mol. The molecular formula is C52H53N. The zero-order valence-electron chi connectivity index (χ0n) is 32.5. The van der Waals surface area contributed by atoms with Gasteiger partial charge in [-0.2, -0.15) is 0 Å². The average Bonchev–Trinajstić information content (AvgIpc) is 3.67. The molecule has 0 aromatic heterocycles. The van der Waals surface area contributed by atoms with Gasteiger partial charge in [0.05, 0.1) is 0 Å². The third kappa shape index (κ3) is 5.95. The molecule has 0 aliphatic heterocycles. The van der Waals surface area contributed by atoms with Crippen LogP contribution in [0.3, 0.4) is 0 Å². The summed E-state index contributed by atoms with van der Waals surface area (Å²) in [6, 6.07) is 28.1. The van der Waals surface area contributed by atoms with Gasteiger partial charge >= 0.3 is 0 Å². The highest BCUT2D eigenvalue weighted by Gasteiger charge is 2.28. The molecule has 0 spiro atoms. The molecule has 1 atom stereocenters. The quantitative estimate of drug-likeness (QED) is 0.0911. The lowest BCUT2D eigenvalue weighted by Gasteiger charge is -2.28. The van der Waals surface area contributed by atoms with Gasteiger partial charge in [-0.3, -0.25) is 0 Å². The Bertz CT molecular complexity index is 2560. The van der Waals surface area contributed by atoms with Crippen molar-refractivity contribution in [3.05, 3.63) is 144 Å². The van der Waals surface area contributed by atoms with E-state index in [4.69, 9.17) is 6.58 Å². The maximum absolute atomic E-state index is 4.82. The fourth-order valence-corrected chi connectivity index (χ4v) is 9.27. The molecule has 0 saturated heterocycles. The molecule has 0 fully saturated rings. The van der Waals surface area contributed by atoms with Crippen molar-refractivity contribution in [3.8, 4) is 0 Å². The van der Waals surface area contributed by atoms with Gasteiger partial charge in [0.2, 0.25) is 0 Å². The van der Waals surface area contributed by atoms with Gasteiger partial charge < -0.3 is 4.90 Å². The number of fused-ring (bicyclic) bond motifs is 7. The highest BCUT2D eigenvalue weighted by molar-refractivity contribution is 6.43. The Morgan fingerprint density at radius 1 is 0.755 bits per heavy atom. The van der Waals surface area contributed by atoms with E-state index in [0.717, 1.165) is 31.4 Å². The zero-order chi connectivity index (χ0) is 36.8. The first-order valence-electron chi connectivity index (χ1n) is 19.9. The van der Waals surface area contributed by atoms with Gasteiger partial charge in [-0.05, 0) is 163 Å². The number of hydrogen-bond acceptors (Lipinski definition) is 1. The van der Waals surface area contributed by atoms with E-state index in [-0.39, 0.29) is 0 Å². The number of anilines is 2. The van der Waals surface area contributed by atoms with E-state index in [1.54, 1.807) is 0 Å². The molecule has 0 saturated carbocycles. The number of benzene rings is 5. The molecule has 8 rings (SSSR count). The molecule has 1 nitrogen and oxygen atoms in total. The molecule has 0 N–H and O–H groups in total. The Morgan fingerprint density at radius 2 is 1.49 bits per heavy atom. The molecule has 7 aromatic rings. The summed E-state index contributed by atoms with van der Waals surface area (Å²) in [5, 5.41) is 13.6. The molecule has 1 heteroatoms. The standard InChI is InChI=1S/C52H53N/c1-8-10-11-18-35(7)47-46-32-40(53(30-16-21-36(17-9-2)33(3)4)39-28-26-37(27-29-39)34(5)6)31-45-41-22-12-13-23-42(41)50(49(45)46)52-44-25-15-20-38-19-14-24-43(48(38)44)51(47)52/h8-11,13-15,17-20,23-29,31-34,36H,7,12,16,21-22,30H2,1-6H3/b10-8-,17-9-,18-11-. The zero-order valence-corrected chi connectivity index (χ0v) is 32.5. The van der Waals surface area contributed by atoms with Crippen LogP contribution >= 0.6 is 0 Å². The maximum Gasteiger partial charge on any atom is 0.0423 e. The molecule has 0 radical (unpaired) electrons. The van der Waals surface area contributed by atoms with Crippen LogP contribution in [0.2, 0.25) is 0 Å². The first kappa shape index (κ1) is 34.9. The molecule has 266 valence electrons. The van der Waals surface area contributed by atoms with Crippen molar-refractivity contribution in [1.82, 2.24) is 0 Å². The molecule has 0 bridgehead atoms. The van der Waals surface area contributed by atoms with E-state index in [2.05, 4.69) is 168 Å². The Hall–Kier alpha value is -5.14. The van der Waals surface area contributed by atoms with E-state index in [0.29, 0.717) is 17.8 Å². The summed E-state index contributed by atoms with van der Waals surface area (Å²) in [7, 11) is 0. The topological polar surface area (TPSA) is 3.24 Å². The van der Waals surface area contributed by atoms with E-state index in [1.807, 2.05) is 0 Å². The van der Waals surface area contributed by atoms with Crippen LogP contribution in [0.25, 0.3) is 65.5 Å². The van der Waals surface area contributed by atoms with Crippen LogP contribution in [0.4, 0.5) is 11.4 Å². The molecule has 1 aliphatic carbocycles. The summed E-state index contributed by atoms with van der Waals surface area (Å²) in [5.41, 5.74) is 9.13. The van der Waals surface area contributed by atoms with Crippen molar-refractivity contribution in [2.24, 2.45) is 11.8 Å². The van der Waals surface area contributed by atoms with Crippen molar-refractivity contribution < 1.29 is 0 Å². The Labute approximate surface area is 316 Å². The second-order valence-electron chi connectivity index (χ2n) is 15.8. The van der Waals surface area contributed by atoms with E-state index in [9.17, 15) is 0 Å². The molecule has 0 amide bonds. The number of rotatable bonds is 12. The smallest absolute Gasteiger partial charge is 0.0423 e. The van der Waals surface area contributed by atoms with Crippen molar-refractivity contribution >= 4 is 76.9 Å². The fraction of sp³-hybridized carbons (Fsp3) is 0.269. The first-order chi connectivity index (χ1) is 25.8. The minimum absolute atomic E-state index is 0.495. The maximum atomic E-state index is 4.82. The first-order valence-corrected chi connectivity index (χ1v) is 19.9. The lowest BCUT2D eigenvalue weighted by molar-refractivity contribution is 0.426. The molecule has 1 unspecified atom stereocenters. The van der Waals surface area contributed by atoms with Crippen LogP contribution in [0.5, 0.6) is 0 Å². The highest BCUT2D eigenvalue weighted by atomic mass is 15.1. The Balaban J connectivity index is 1.45. The minimum atomic E-state index is 0.495. The lowest BCUT2D eigenvalue weighted by Crippen LogP contribution is -2.20. The fourth-order valence-electron chi connectivity index (χ4n) is 9.27. The van der Waals surface area contributed by atoms with Crippen LogP contribution < -0.4 is 4.90 Å². The predicted molar refractivity (Wildman–Crippen MR) is 237 cm³/mol. The SMILES string of the molecule is C=C(/C=C\C=C/C)c1c2cc(N(CCCC(/C=C\C)C(C)C)c3ccc(C(C)C)cc3)cc3c4c(c(c32)c2c3cccc5cccc(c12)c53)C=CCC4. The Morgan fingerprint density at radius 3 is 2.19 bits per heavy atom. The van der Waals surface area contributed by atoms with Crippen LogP contribution in [0.15, 0.2) is 122 Å². The number of allylic oxidation sites excluding steroid dienone is 8. The molecule has 7 aromatic carbocycles. The van der Waals surface area contributed by atoms with E-state index < -0.39 is 0 Å². The van der Waals surface area contributed by atoms with Crippen molar-refractivity contribution in [2.75, 3.05) is 11.4 Å². The normalized spacial score (nSPS) is 14.3. The summed E-state index contributed by atoms with van der Waals surface area (Å²) in [6.07, 6.45) is 22.4. The monoisotopic (exact) mass is 691 g/mol. The van der Waals surface area contributed by atoms with Gasteiger partial charge in [-0.25, -0.2) is 0 Å². The summed E-state index contributed by atoms with van der Waals surface area (Å²) in [6.45, 7) is 19.3. The van der Waals surface area contributed by atoms with E-state index >= 15 is 0 Å². The number of aryl methyl sites for hydroxylation is 1. The summed E-state index contributed by atoms with van der Waals surface area (Å²) in [5.74, 6) is 1.69. The third-order valence-electron chi connectivity index (χ3n) is 11.9. The van der Waals surface area contributed by atoms with Crippen molar-refractivity contribution in [1.29, 1.82) is 0 Å². The second-order valence-corrected chi connectivity index (χ2v) is 15.8. The largest absolute Gasteiger partial charge is 0.341 e. The highest BCUT2D eigenvalue weighted by Crippen LogP contribution is 2.53. The van der Waals surface area contributed by atoms with Gasteiger partial charge in [0.1, 0.15) is 0 Å². The average molecular weight is 692 g/mol. The second kappa shape index (κ2) is 14.4. The lowest BCUT2D eigenvalue weighted by atomic mass is 9.89. The minimum Gasteiger partial charge on any atom is -0.341 e. The number of hydrogen-bond donors (Lipinski definition) is 0. The summed E-state index contributed by atoms with van der Waals surface area (Å²) < 4.78 is 0. The summed E-state index contributed by atoms with van der Waals surface area (Å²) in [4.78, 5) is 2.61. The molecule has 0 heterocycles. The van der Waals surface area contributed by atoms with Gasteiger partial charge in [0.25, 0.3) is 0 Å². The van der Waals surface area contributed by atoms with Crippen LogP contribution in [-0.2, 0) is 6.42 Å².